The largest absolute Gasteiger partial charge is 0.323 e. The van der Waals surface area contributed by atoms with Crippen molar-refractivity contribution in [2.45, 2.75) is 25.7 Å². The number of nitrogens with zero attached hydrogens (tertiary/aromatic N) is 2. The number of allylic oxidation sites excluding steroid dienone is 4. The van der Waals surface area contributed by atoms with Gasteiger partial charge in [0.05, 0.1) is 18.1 Å². The van der Waals surface area contributed by atoms with E-state index in [1.54, 1.807) is 11.9 Å². The molecule has 3 nitrogen and oxygen atoms in total. The summed E-state index contributed by atoms with van der Waals surface area (Å²) in [6.45, 7) is 8.10. The first-order chi connectivity index (χ1) is 13.1. The van der Waals surface area contributed by atoms with E-state index in [2.05, 4.69) is 86.0 Å². The molecule has 138 valence electrons. The van der Waals surface area contributed by atoms with E-state index in [1.165, 1.54) is 38.3 Å². The van der Waals surface area contributed by atoms with E-state index in [9.17, 15) is 0 Å². The first kappa shape index (κ1) is 18.1. The minimum Gasteiger partial charge on any atom is -0.323 e. The Balaban J connectivity index is 1.96. The lowest BCUT2D eigenvalue weighted by Gasteiger charge is -2.32. The summed E-state index contributed by atoms with van der Waals surface area (Å²) >= 11 is 1.69. The highest BCUT2D eigenvalue weighted by atomic mass is 32.2. The Hall–Kier alpha value is -2.30. The second kappa shape index (κ2) is 7.37. The van der Waals surface area contributed by atoms with E-state index in [0.717, 1.165) is 18.0 Å². The SMILES string of the molecule is C/C=C1\C2=C(NSc3cc(C)ccc32)C(=NCN(C)CC)c2ccccc21. The van der Waals surface area contributed by atoms with Gasteiger partial charge in [0.1, 0.15) is 0 Å². The van der Waals surface area contributed by atoms with Gasteiger partial charge < -0.3 is 4.72 Å². The number of benzene rings is 2. The second-order valence-corrected chi connectivity index (χ2v) is 7.87. The predicted molar refractivity (Wildman–Crippen MR) is 117 cm³/mol. The fourth-order valence-corrected chi connectivity index (χ4v) is 4.54. The first-order valence-corrected chi connectivity index (χ1v) is 10.2. The van der Waals surface area contributed by atoms with Gasteiger partial charge in [-0.05, 0) is 67.7 Å². The van der Waals surface area contributed by atoms with Crippen LogP contribution in [0.3, 0.4) is 0 Å². The molecule has 0 aromatic heterocycles. The zero-order chi connectivity index (χ0) is 19.0. The van der Waals surface area contributed by atoms with Crippen molar-refractivity contribution < 1.29 is 0 Å². The van der Waals surface area contributed by atoms with Crippen LogP contribution in [-0.2, 0) is 0 Å². The Morgan fingerprint density at radius 1 is 1.11 bits per heavy atom. The number of hydrogen-bond acceptors (Lipinski definition) is 4. The summed E-state index contributed by atoms with van der Waals surface area (Å²) < 4.78 is 3.61. The van der Waals surface area contributed by atoms with Crippen LogP contribution in [0, 0.1) is 6.92 Å². The predicted octanol–water partition coefficient (Wildman–Crippen LogP) is 5.13. The molecule has 1 aliphatic heterocycles. The summed E-state index contributed by atoms with van der Waals surface area (Å²) in [5.74, 6) is 0. The lowest BCUT2D eigenvalue weighted by atomic mass is 9.80. The van der Waals surface area contributed by atoms with Crippen molar-refractivity contribution in [3.05, 3.63) is 76.5 Å². The number of rotatable bonds is 3. The molecule has 2 aliphatic rings. The van der Waals surface area contributed by atoms with Gasteiger partial charge in [0.15, 0.2) is 0 Å². The van der Waals surface area contributed by atoms with Crippen molar-refractivity contribution in [1.29, 1.82) is 0 Å². The molecule has 0 amide bonds. The topological polar surface area (TPSA) is 27.6 Å². The summed E-state index contributed by atoms with van der Waals surface area (Å²) in [6.07, 6.45) is 2.23. The van der Waals surface area contributed by atoms with E-state index in [4.69, 9.17) is 4.99 Å². The molecule has 0 spiro atoms. The molecule has 0 fully saturated rings. The van der Waals surface area contributed by atoms with Crippen LogP contribution in [-0.4, -0.2) is 30.9 Å². The van der Waals surface area contributed by atoms with E-state index < -0.39 is 0 Å². The normalized spacial score (nSPS) is 18.4. The maximum absolute atomic E-state index is 5.02. The molecule has 2 aromatic carbocycles. The number of hydrogen-bond donors (Lipinski definition) is 1. The highest BCUT2D eigenvalue weighted by molar-refractivity contribution is 7.97. The van der Waals surface area contributed by atoms with Crippen LogP contribution in [0.5, 0.6) is 0 Å². The van der Waals surface area contributed by atoms with Crippen LogP contribution in [0.2, 0.25) is 0 Å². The molecule has 0 atom stereocenters. The summed E-state index contributed by atoms with van der Waals surface area (Å²) in [5, 5.41) is 0. The molecule has 0 bridgehead atoms. The number of aryl methyl sites for hydroxylation is 1. The molecule has 0 unspecified atom stereocenters. The molecule has 0 saturated heterocycles. The zero-order valence-electron chi connectivity index (χ0n) is 16.3. The number of nitrogens with one attached hydrogen (secondary N) is 1. The van der Waals surface area contributed by atoms with Crippen molar-refractivity contribution in [2.24, 2.45) is 4.99 Å². The van der Waals surface area contributed by atoms with Gasteiger partial charge in [-0.3, -0.25) is 9.89 Å². The van der Waals surface area contributed by atoms with Crippen LogP contribution in [0.25, 0.3) is 11.1 Å². The Morgan fingerprint density at radius 2 is 1.89 bits per heavy atom. The van der Waals surface area contributed by atoms with Gasteiger partial charge in [-0.2, -0.15) is 0 Å². The molecular formula is C23H25N3S. The van der Waals surface area contributed by atoms with E-state index >= 15 is 0 Å². The molecule has 1 N–H and O–H groups in total. The van der Waals surface area contributed by atoms with Gasteiger partial charge in [0, 0.05) is 16.0 Å². The zero-order valence-corrected chi connectivity index (χ0v) is 17.2. The molecule has 0 saturated carbocycles. The van der Waals surface area contributed by atoms with Crippen molar-refractivity contribution >= 4 is 28.8 Å². The van der Waals surface area contributed by atoms with Gasteiger partial charge in [-0.1, -0.05) is 49.4 Å². The Morgan fingerprint density at radius 3 is 2.63 bits per heavy atom. The monoisotopic (exact) mass is 375 g/mol. The minimum atomic E-state index is 0.690. The third-order valence-corrected chi connectivity index (χ3v) is 6.06. The fraction of sp³-hybridized carbons (Fsp3) is 0.261. The smallest absolute Gasteiger partial charge is 0.0915 e. The first-order valence-electron chi connectivity index (χ1n) is 9.42. The van der Waals surface area contributed by atoms with E-state index in [1.807, 2.05) is 0 Å². The van der Waals surface area contributed by atoms with Crippen LogP contribution in [0.1, 0.15) is 36.1 Å². The number of aliphatic imine (C=N–C) groups is 1. The van der Waals surface area contributed by atoms with Crippen LogP contribution >= 0.6 is 11.9 Å². The summed E-state index contributed by atoms with van der Waals surface area (Å²) in [4.78, 5) is 8.51. The average molecular weight is 376 g/mol. The molecule has 27 heavy (non-hydrogen) atoms. The van der Waals surface area contributed by atoms with Gasteiger partial charge in [0.2, 0.25) is 0 Å². The fourth-order valence-electron chi connectivity index (χ4n) is 3.61. The maximum atomic E-state index is 5.02. The Labute approximate surface area is 166 Å². The second-order valence-electron chi connectivity index (χ2n) is 7.02. The lowest BCUT2D eigenvalue weighted by molar-refractivity contribution is 0.366. The highest BCUT2D eigenvalue weighted by Gasteiger charge is 2.32. The lowest BCUT2D eigenvalue weighted by Crippen LogP contribution is -2.28. The summed E-state index contributed by atoms with van der Waals surface area (Å²) in [7, 11) is 2.10. The van der Waals surface area contributed by atoms with Crippen LogP contribution < -0.4 is 4.72 Å². The van der Waals surface area contributed by atoms with Gasteiger partial charge in [0.25, 0.3) is 0 Å². The van der Waals surface area contributed by atoms with Gasteiger partial charge in [-0.15, -0.1) is 0 Å². The van der Waals surface area contributed by atoms with Crippen LogP contribution in [0.4, 0.5) is 0 Å². The quantitative estimate of drug-likeness (QED) is 0.754. The third-order valence-electron chi connectivity index (χ3n) is 5.20. The Bertz CT molecular complexity index is 985. The summed E-state index contributed by atoms with van der Waals surface area (Å²) in [6, 6.07) is 15.3. The van der Waals surface area contributed by atoms with Crippen molar-refractivity contribution in [3.63, 3.8) is 0 Å². The number of fused-ring (bicyclic) bond motifs is 3. The molecule has 1 heterocycles. The standard InChI is InChI=1S/C23H25N3S/c1-5-16-17-9-7-8-10-18(17)22(24-14-26(4)6-2)23-21(16)19-12-11-15(3)13-20(19)27-25-23/h5,7-13,25H,6,14H2,1-4H3/b16-5-,24-22?. The highest BCUT2D eigenvalue weighted by Crippen LogP contribution is 2.46. The molecule has 2 aromatic rings. The molecule has 1 aliphatic carbocycles. The molecule has 0 radical (unpaired) electrons. The molecular weight excluding hydrogens is 350 g/mol. The minimum absolute atomic E-state index is 0.690. The van der Waals surface area contributed by atoms with Crippen molar-refractivity contribution in [1.82, 2.24) is 9.62 Å². The summed E-state index contributed by atoms with van der Waals surface area (Å²) in [5.41, 5.74) is 9.78. The van der Waals surface area contributed by atoms with Gasteiger partial charge >= 0.3 is 0 Å². The Kier molecular flexibility index (Phi) is 4.94. The van der Waals surface area contributed by atoms with Crippen molar-refractivity contribution in [2.75, 3.05) is 20.3 Å². The maximum Gasteiger partial charge on any atom is 0.0915 e. The average Bonchev–Trinajstić information content (AvgIpc) is 2.70. The van der Waals surface area contributed by atoms with E-state index in [0.29, 0.717) is 6.67 Å². The van der Waals surface area contributed by atoms with E-state index in [-0.39, 0.29) is 0 Å². The molecule has 4 heteroatoms. The van der Waals surface area contributed by atoms with Crippen molar-refractivity contribution in [3.8, 4) is 0 Å². The molecule has 4 rings (SSSR count). The third kappa shape index (κ3) is 3.13. The van der Waals surface area contributed by atoms with Gasteiger partial charge in [-0.25, -0.2) is 0 Å². The van der Waals surface area contributed by atoms with Crippen LogP contribution in [0.15, 0.2) is 64.1 Å².